The van der Waals surface area contributed by atoms with Crippen molar-refractivity contribution in [2.24, 2.45) is 0 Å². The van der Waals surface area contributed by atoms with Crippen LogP contribution in [0.15, 0.2) is 91.0 Å². The summed E-state index contributed by atoms with van der Waals surface area (Å²) in [5.41, 5.74) is 1.70. The fourth-order valence-corrected chi connectivity index (χ4v) is 5.55. The van der Waals surface area contributed by atoms with Crippen LogP contribution in [0.25, 0.3) is 0 Å². The molecule has 3 saturated heterocycles. The Balaban J connectivity index is -0.000000383. The van der Waals surface area contributed by atoms with E-state index in [1.165, 1.54) is 0 Å². The summed E-state index contributed by atoms with van der Waals surface area (Å²) < 4.78 is 55.3. The quantitative estimate of drug-likeness (QED) is 0.0770. The zero-order valence-corrected chi connectivity index (χ0v) is 52.1. The molecule has 0 aliphatic carbocycles. The number of carbonyl (C=O) groups is 1. The molecule has 69 heavy (non-hydrogen) atoms. The molecule has 19 heteroatoms. The molecule has 0 bridgehead atoms. The van der Waals surface area contributed by atoms with Crippen molar-refractivity contribution in [1.29, 1.82) is 0 Å². The topological polar surface area (TPSA) is 162 Å². The van der Waals surface area contributed by atoms with Crippen molar-refractivity contribution < 1.29 is 171 Å². The molecule has 3 aliphatic rings. The Labute approximate surface area is 504 Å². The number of aliphatic hydroxyl groups is 1. The van der Waals surface area contributed by atoms with Crippen LogP contribution in [-0.2, 0) is 56.6 Å². The van der Waals surface area contributed by atoms with Gasteiger partial charge in [-0.15, -0.1) is 0 Å². The molecule has 0 unspecified atom stereocenters. The van der Waals surface area contributed by atoms with Gasteiger partial charge in [0.2, 0.25) is 0 Å². The minimum absolute atomic E-state index is 0. The Morgan fingerprint density at radius 3 is 0.841 bits per heavy atom. The van der Waals surface area contributed by atoms with Crippen LogP contribution >= 0.6 is 0 Å². The third-order valence-electron chi connectivity index (χ3n) is 11.6. The molecule has 1 N–H and O–H groups in total. The minimum atomic E-state index is -0.256. The van der Waals surface area contributed by atoms with Crippen LogP contribution in [0.1, 0.15) is 111 Å². The maximum atomic E-state index is 8.64. The largest absolute Gasteiger partial charge is 1.00 e. The fraction of sp³-hybridized carbons (Fsp3) is 0.620. The molecular weight excluding hydrogens is 935 g/mol. The van der Waals surface area contributed by atoms with Gasteiger partial charge in [0, 0.05) is 34.5 Å². The van der Waals surface area contributed by atoms with Gasteiger partial charge in [0.1, 0.15) is 0 Å². The molecule has 3 fully saturated rings. The van der Waals surface area contributed by atoms with Gasteiger partial charge in [0.05, 0.1) is 60.0 Å². The zero-order chi connectivity index (χ0) is 51.2. The van der Waals surface area contributed by atoms with Crippen LogP contribution in [0, 0.1) is 0 Å². The number of hydrogen-bond donors (Lipinski definition) is 1. The van der Waals surface area contributed by atoms with Crippen LogP contribution in [0.4, 0.5) is 0 Å². The van der Waals surface area contributed by atoms with E-state index in [1.54, 1.807) is 14.2 Å². The summed E-state index contributed by atoms with van der Waals surface area (Å²) >= 11 is 0. The maximum Gasteiger partial charge on any atom is 1.00 e. The van der Waals surface area contributed by atoms with Crippen molar-refractivity contribution in [1.82, 2.24) is 0 Å². The molecular formula is C50H85B3K2O14. The summed E-state index contributed by atoms with van der Waals surface area (Å²) in [6, 6.07) is 30.2. The number of ether oxygens (including phenoxy) is 4. The predicted molar refractivity (Wildman–Crippen MR) is 269 cm³/mol. The Hall–Kier alpha value is 0.118. The Kier molecular flexibility index (Phi) is 41.1. The molecule has 3 aliphatic heterocycles. The minimum Gasteiger partial charge on any atom is -1.00 e. The van der Waals surface area contributed by atoms with E-state index < -0.39 is 0 Å². The van der Waals surface area contributed by atoms with E-state index in [-0.39, 0.29) is 166 Å². The van der Waals surface area contributed by atoms with E-state index in [4.69, 9.17) is 62.0 Å². The third-order valence-corrected chi connectivity index (χ3v) is 11.6. The molecule has 14 nitrogen and oxygen atoms in total. The Morgan fingerprint density at radius 2 is 0.667 bits per heavy atom. The molecule has 3 aromatic carbocycles. The zero-order valence-electron chi connectivity index (χ0n) is 46.9. The monoisotopic (exact) mass is 1020 g/mol. The molecule has 380 valence electrons. The molecule has 3 heterocycles. The van der Waals surface area contributed by atoms with E-state index in [9.17, 15) is 0 Å². The molecule has 3 aromatic rings. The molecule has 0 saturated carbocycles. The second-order valence-electron chi connectivity index (χ2n) is 18.4. The van der Waals surface area contributed by atoms with Crippen molar-refractivity contribution in [2.75, 3.05) is 61.0 Å². The van der Waals surface area contributed by atoms with Gasteiger partial charge in [-0.1, -0.05) is 105 Å². The van der Waals surface area contributed by atoms with Gasteiger partial charge in [-0.3, -0.25) is 4.79 Å². The van der Waals surface area contributed by atoms with E-state index in [2.05, 4.69) is 102 Å². The second kappa shape index (κ2) is 38.6. The van der Waals surface area contributed by atoms with E-state index in [0.29, 0.717) is 26.4 Å². The second-order valence-corrected chi connectivity index (χ2v) is 18.4. The van der Waals surface area contributed by atoms with Gasteiger partial charge in [0.15, 0.2) is 0 Å². The SMILES string of the molecule is CC1(C)OB(c2ccccc2)OC1(C)C.CC1(C)OB(c2ccccc2)OC1(C)C.CC1(C)OB(c2ccccc2)OC1(C)C.CCCOCCC.CO.COCCOCCOC.O=CO[O-].[H-].[K+].[K+]. The molecule has 6 rings (SSSR count). The fourth-order valence-electron chi connectivity index (χ4n) is 5.55. The number of methoxy groups -OCH3 is 2. The number of benzene rings is 3. The molecule has 0 spiro atoms. The molecule has 0 radical (unpaired) electrons. The summed E-state index contributed by atoms with van der Waals surface area (Å²) in [5.74, 6) is 0. The van der Waals surface area contributed by atoms with Gasteiger partial charge in [-0.2, -0.15) is 0 Å². The summed E-state index contributed by atoms with van der Waals surface area (Å²) in [4.78, 5) is 11.2. The normalized spacial score (nSPS) is 17.7. The van der Waals surface area contributed by atoms with E-state index >= 15 is 0 Å². The first-order chi connectivity index (χ1) is 31.5. The summed E-state index contributed by atoms with van der Waals surface area (Å²) in [5, 5.41) is 15.4. The Morgan fingerprint density at radius 1 is 0.464 bits per heavy atom. The van der Waals surface area contributed by atoms with Gasteiger partial charge in [-0.05, 0) is 112 Å². The first-order valence-electron chi connectivity index (χ1n) is 23.0. The van der Waals surface area contributed by atoms with Gasteiger partial charge < -0.3 is 63.6 Å². The van der Waals surface area contributed by atoms with Gasteiger partial charge >= 0.3 is 124 Å². The Bertz CT molecular complexity index is 1460. The standard InChI is InChI=1S/3C12H17BO2.C6H14O3.C6H14O.CH2O3.CH4O.2K.H/c3*1-11(2)12(3,4)15-13(14-11)10-8-6-5-7-9-10;1-7-3-5-9-6-4-8-2;1-3-5-7-6-4-2;2-1-4-3;1-2;;;/h3*5-9H,1-4H3;3-6H2,1-2H3;3-6H2,1-2H3;1,3H;2H,1H3;;;/q;;;;;;;2*+1;-1/p-1. The van der Waals surface area contributed by atoms with Crippen molar-refractivity contribution in [3.63, 3.8) is 0 Å². The summed E-state index contributed by atoms with van der Waals surface area (Å²) in [6.45, 7) is 33.3. The summed E-state index contributed by atoms with van der Waals surface area (Å²) in [7, 11) is 3.59. The van der Waals surface area contributed by atoms with E-state index in [0.717, 1.165) is 49.6 Å². The van der Waals surface area contributed by atoms with Crippen LogP contribution in [0.5, 0.6) is 0 Å². The van der Waals surface area contributed by atoms with Crippen LogP contribution in [-0.4, -0.2) is 128 Å². The smallest absolute Gasteiger partial charge is 1.00 e. The number of carbonyl (C=O) groups excluding carboxylic acids is 1. The van der Waals surface area contributed by atoms with Crippen molar-refractivity contribution in [3.05, 3.63) is 91.0 Å². The molecule has 0 amide bonds. The number of aliphatic hydroxyl groups excluding tert-OH is 1. The molecule has 0 aromatic heterocycles. The van der Waals surface area contributed by atoms with Crippen LogP contribution < -0.4 is 124 Å². The first kappa shape index (κ1) is 73.4. The van der Waals surface area contributed by atoms with Crippen molar-refractivity contribution in [2.45, 2.75) is 143 Å². The van der Waals surface area contributed by atoms with Gasteiger partial charge in [0.25, 0.3) is 6.47 Å². The van der Waals surface area contributed by atoms with Crippen LogP contribution in [0.3, 0.4) is 0 Å². The van der Waals surface area contributed by atoms with E-state index in [1.807, 2.05) is 91.0 Å². The summed E-state index contributed by atoms with van der Waals surface area (Å²) in [6.07, 6.45) is 2.28. The number of rotatable bonds is 14. The van der Waals surface area contributed by atoms with Crippen molar-refractivity contribution in [3.8, 4) is 0 Å². The number of hydrogen-bond acceptors (Lipinski definition) is 14. The maximum absolute atomic E-state index is 8.64. The third kappa shape index (κ3) is 27.5. The predicted octanol–water partition coefficient (Wildman–Crippen LogP) is 0.240. The average molecular weight is 1020 g/mol. The average Bonchev–Trinajstić information content (AvgIpc) is 3.78. The van der Waals surface area contributed by atoms with Crippen molar-refractivity contribution >= 4 is 44.2 Å². The van der Waals surface area contributed by atoms with Gasteiger partial charge in [-0.25, -0.2) is 0 Å². The molecule has 0 atom stereocenters. The first-order valence-corrected chi connectivity index (χ1v) is 23.0. The van der Waals surface area contributed by atoms with Crippen LogP contribution in [0.2, 0.25) is 0 Å².